The zero-order chi connectivity index (χ0) is 13.1. The topological polar surface area (TPSA) is 61.4 Å². The maximum absolute atomic E-state index is 11.8. The molecule has 0 spiro atoms. The summed E-state index contributed by atoms with van der Waals surface area (Å²) in [5.41, 5.74) is 0. The van der Waals surface area contributed by atoms with E-state index in [1.165, 1.54) is 0 Å². The van der Waals surface area contributed by atoms with E-state index in [-0.39, 0.29) is 29.9 Å². The van der Waals surface area contributed by atoms with E-state index in [9.17, 15) is 9.59 Å². The largest absolute Gasteiger partial charge is 0.353 e. The van der Waals surface area contributed by atoms with E-state index in [1.54, 1.807) is 0 Å². The SMILES string of the molecule is CC(C)NC(=O)N1CCC(NC(=O)C2CC2)CC1. The molecule has 0 aromatic heterocycles. The molecule has 0 unspecified atom stereocenters. The molecule has 1 saturated heterocycles. The Morgan fingerprint density at radius 3 is 2.22 bits per heavy atom. The summed E-state index contributed by atoms with van der Waals surface area (Å²) in [5.74, 6) is 0.479. The van der Waals surface area contributed by atoms with E-state index in [0.29, 0.717) is 0 Å². The molecule has 1 saturated carbocycles. The zero-order valence-electron chi connectivity index (χ0n) is 11.2. The Hall–Kier alpha value is -1.26. The third kappa shape index (κ3) is 3.62. The lowest BCUT2D eigenvalue weighted by Gasteiger charge is -2.33. The van der Waals surface area contributed by atoms with Crippen molar-refractivity contribution in [1.29, 1.82) is 0 Å². The molecule has 18 heavy (non-hydrogen) atoms. The Morgan fingerprint density at radius 2 is 1.72 bits per heavy atom. The monoisotopic (exact) mass is 253 g/mol. The van der Waals surface area contributed by atoms with Crippen LogP contribution in [0.2, 0.25) is 0 Å². The predicted octanol–water partition coefficient (Wildman–Crippen LogP) is 1.09. The molecule has 2 rings (SSSR count). The van der Waals surface area contributed by atoms with Gasteiger partial charge >= 0.3 is 6.03 Å². The number of nitrogens with zero attached hydrogens (tertiary/aromatic N) is 1. The second-order valence-electron chi connectivity index (χ2n) is 5.65. The molecular formula is C13H23N3O2. The van der Waals surface area contributed by atoms with Crippen LogP contribution >= 0.6 is 0 Å². The number of carbonyl (C=O) groups is 2. The van der Waals surface area contributed by atoms with Crippen molar-refractivity contribution in [2.45, 2.75) is 51.6 Å². The van der Waals surface area contributed by atoms with Crippen molar-refractivity contribution in [3.05, 3.63) is 0 Å². The van der Waals surface area contributed by atoms with E-state index >= 15 is 0 Å². The number of amides is 3. The number of nitrogens with one attached hydrogen (secondary N) is 2. The first kappa shape index (κ1) is 13.2. The summed E-state index contributed by atoms with van der Waals surface area (Å²) in [6.07, 6.45) is 3.82. The quantitative estimate of drug-likeness (QED) is 0.791. The first-order valence-electron chi connectivity index (χ1n) is 6.92. The third-order valence-electron chi connectivity index (χ3n) is 3.49. The average Bonchev–Trinajstić information content (AvgIpc) is 3.12. The minimum atomic E-state index is 0.0111. The van der Waals surface area contributed by atoms with E-state index in [0.717, 1.165) is 38.8 Å². The smallest absolute Gasteiger partial charge is 0.317 e. The Balaban J connectivity index is 1.70. The number of rotatable bonds is 3. The second-order valence-corrected chi connectivity index (χ2v) is 5.65. The van der Waals surface area contributed by atoms with Crippen LogP contribution in [-0.4, -0.2) is 42.0 Å². The average molecular weight is 253 g/mol. The number of hydrogen-bond donors (Lipinski definition) is 2. The maximum atomic E-state index is 11.8. The van der Waals surface area contributed by atoms with E-state index in [1.807, 2.05) is 18.7 Å². The van der Waals surface area contributed by atoms with Gasteiger partial charge in [-0.05, 0) is 39.5 Å². The summed E-state index contributed by atoms with van der Waals surface area (Å²) in [7, 11) is 0. The van der Waals surface area contributed by atoms with Crippen LogP contribution in [0.3, 0.4) is 0 Å². The lowest BCUT2D eigenvalue weighted by Crippen LogP contribution is -2.50. The van der Waals surface area contributed by atoms with Crippen LogP contribution in [0, 0.1) is 5.92 Å². The lowest BCUT2D eigenvalue weighted by molar-refractivity contribution is -0.123. The minimum absolute atomic E-state index is 0.0111. The van der Waals surface area contributed by atoms with Crippen molar-refractivity contribution < 1.29 is 9.59 Å². The van der Waals surface area contributed by atoms with Crippen LogP contribution in [0.5, 0.6) is 0 Å². The molecule has 0 aromatic rings. The van der Waals surface area contributed by atoms with Crippen LogP contribution in [-0.2, 0) is 4.79 Å². The molecule has 102 valence electrons. The number of likely N-dealkylation sites (tertiary alicyclic amines) is 1. The van der Waals surface area contributed by atoms with Gasteiger partial charge in [0.15, 0.2) is 0 Å². The minimum Gasteiger partial charge on any atom is -0.353 e. The summed E-state index contributed by atoms with van der Waals surface area (Å²) in [4.78, 5) is 25.2. The van der Waals surface area contributed by atoms with Gasteiger partial charge in [-0.2, -0.15) is 0 Å². The van der Waals surface area contributed by atoms with Gasteiger partial charge in [-0.25, -0.2) is 4.79 Å². The summed E-state index contributed by atoms with van der Waals surface area (Å²) < 4.78 is 0. The number of urea groups is 1. The highest BCUT2D eigenvalue weighted by atomic mass is 16.2. The van der Waals surface area contributed by atoms with E-state index in [2.05, 4.69) is 10.6 Å². The summed E-state index contributed by atoms with van der Waals surface area (Å²) in [5, 5.41) is 5.98. The van der Waals surface area contributed by atoms with Crippen molar-refractivity contribution in [2.24, 2.45) is 5.92 Å². The summed E-state index contributed by atoms with van der Waals surface area (Å²) in [6.45, 7) is 5.38. The van der Waals surface area contributed by atoms with Crippen LogP contribution in [0.25, 0.3) is 0 Å². The second kappa shape index (κ2) is 5.59. The van der Waals surface area contributed by atoms with Crippen LogP contribution in [0.15, 0.2) is 0 Å². The fourth-order valence-electron chi connectivity index (χ4n) is 2.23. The van der Waals surface area contributed by atoms with Gasteiger partial charge in [0.25, 0.3) is 0 Å². The molecule has 0 bridgehead atoms. The van der Waals surface area contributed by atoms with Crippen molar-refractivity contribution >= 4 is 11.9 Å². The molecule has 2 fully saturated rings. The highest BCUT2D eigenvalue weighted by Crippen LogP contribution is 2.29. The van der Waals surface area contributed by atoms with Crippen LogP contribution < -0.4 is 10.6 Å². The van der Waals surface area contributed by atoms with Crippen molar-refractivity contribution in [3.8, 4) is 0 Å². The molecular weight excluding hydrogens is 230 g/mol. The van der Waals surface area contributed by atoms with E-state index in [4.69, 9.17) is 0 Å². The van der Waals surface area contributed by atoms with Gasteiger partial charge in [-0.15, -0.1) is 0 Å². The molecule has 5 nitrogen and oxygen atoms in total. The normalized spacial score (nSPS) is 20.9. The number of piperidine rings is 1. The van der Waals surface area contributed by atoms with Gasteiger partial charge < -0.3 is 15.5 Å². The molecule has 1 aliphatic carbocycles. The number of carbonyl (C=O) groups excluding carboxylic acids is 2. The molecule has 2 N–H and O–H groups in total. The van der Waals surface area contributed by atoms with Gasteiger partial charge in [0.2, 0.25) is 5.91 Å². The molecule has 1 aliphatic heterocycles. The maximum Gasteiger partial charge on any atom is 0.317 e. The standard InChI is InChI=1S/C13H23N3O2/c1-9(2)14-13(18)16-7-5-11(6-8-16)15-12(17)10-3-4-10/h9-11H,3-8H2,1-2H3,(H,14,18)(H,15,17). The Morgan fingerprint density at radius 1 is 1.11 bits per heavy atom. The van der Waals surface area contributed by atoms with Crippen LogP contribution in [0.1, 0.15) is 39.5 Å². The van der Waals surface area contributed by atoms with Gasteiger partial charge in [-0.1, -0.05) is 0 Å². The molecule has 0 aromatic carbocycles. The fourth-order valence-corrected chi connectivity index (χ4v) is 2.23. The molecule has 0 radical (unpaired) electrons. The number of hydrogen-bond acceptors (Lipinski definition) is 2. The third-order valence-corrected chi connectivity index (χ3v) is 3.49. The first-order valence-corrected chi connectivity index (χ1v) is 6.92. The van der Waals surface area contributed by atoms with Crippen LogP contribution in [0.4, 0.5) is 4.79 Å². The highest BCUT2D eigenvalue weighted by molar-refractivity contribution is 5.81. The summed E-state index contributed by atoms with van der Waals surface area (Å²) >= 11 is 0. The Labute approximate surface area is 108 Å². The van der Waals surface area contributed by atoms with E-state index < -0.39 is 0 Å². The Kier molecular flexibility index (Phi) is 4.09. The predicted molar refractivity (Wildman–Crippen MR) is 69.1 cm³/mol. The molecule has 1 heterocycles. The van der Waals surface area contributed by atoms with Gasteiger partial charge in [0.1, 0.15) is 0 Å². The fraction of sp³-hybridized carbons (Fsp3) is 0.846. The van der Waals surface area contributed by atoms with Crippen molar-refractivity contribution in [2.75, 3.05) is 13.1 Å². The van der Waals surface area contributed by atoms with Crippen molar-refractivity contribution in [1.82, 2.24) is 15.5 Å². The molecule has 3 amide bonds. The zero-order valence-corrected chi connectivity index (χ0v) is 11.2. The van der Waals surface area contributed by atoms with Crippen molar-refractivity contribution in [3.63, 3.8) is 0 Å². The lowest BCUT2D eigenvalue weighted by atomic mass is 10.1. The highest BCUT2D eigenvalue weighted by Gasteiger charge is 2.32. The van der Waals surface area contributed by atoms with Gasteiger partial charge in [-0.3, -0.25) is 4.79 Å². The van der Waals surface area contributed by atoms with Gasteiger partial charge in [0.05, 0.1) is 0 Å². The Bertz CT molecular complexity index is 318. The molecule has 2 aliphatic rings. The first-order chi connectivity index (χ1) is 8.56. The molecule has 0 atom stereocenters. The molecule has 5 heteroatoms. The van der Waals surface area contributed by atoms with Gasteiger partial charge in [0, 0.05) is 31.1 Å². The summed E-state index contributed by atoms with van der Waals surface area (Å²) in [6, 6.07) is 0.433.